The number of likely N-dealkylation sites (tertiary alicyclic amines) is 1. The van der Waals surface area contributed by atoms with E-state index in [1.165, 1.54) is 0 Å². The molecule has 2 aliphatic heterocycles. The number of amides is 1. The van der Waals surface area contributed by atoms with Gasteiger partial charge in [-0.1, -0.05) is 48.0 Å². The number of aromatic nitrogens is 1. The lowest BCUT2D eigenvalue weighted by molar-refractivity contribution is -0.134. The van der Waals surface area contributed by atoms with Crippen LogP contribution in [0.25, 0.3) is 0 Å². The minimum absolute atomic E-state index is 0.0762. The van der Waals surface area contributed by atoms with Crippen LogP contribution in [-0.4, -0.2) is 35.0 Å². The molecule has 1 amide bonds. The van der Waals surface area contributed by atoms with Crippen molar-refractivity contribution >= 4 is 17.5 Å². The summed E-state index contributed by atoms with van der Waals surface area (Å²) in [6, 6.07) is 17.3. The normalized spacial score (nSPS) is 18.2. The topological polar surface area (TPSA) is 51.7 Å². The van der Waals surface area contributed by atoms with E-state index in [0.717, 1.165) is 35.5 Å². The van der Waals surface area contributed by atoms with Crippen molar-refractivity contribution in [2.45, 2.75) is 24.9 Å². The summed E-state index contributed by atoms with van der Waals surface area (Å²) >= 11 is 6.19. The van der Waals surface area contributed by atoms with Crippen molar-refractivity contribution in [1.82, 2.24) is 9.88 Å². The standard InChI is InChI=1S/C24H21ClN2O3/c25-19-14-26-12-11-22(19)29-16-6-5-13-27(15-16)24(28)23-17-7-1-3-9-20(17)30-21-10-4-2-8-18(21)23/h1-4,7-12,14,16,23H,5-6,13,15H2. The summed E-state index contributed by atoms with van der Waals surface area (Å²) < 4.78 is 12.1. The molecule has 1 aromatic heterocycles. The first kappa shape index (κ1) is 18.9. The molecule has 0 bridgehead atoms. The van der Waals surface area contributed by atoms with Gasteiger partial charge in [0, 0.05) is 36.1 Å². The Morgan fingerprint density at radius 2 is 1.77 bits per heavy atom. The molecule has 1 fully saturated rings. The summed E-state index contributed by atoms with van der Waals surface area (Å²) in [6.45, 7) is 1.24. The molecule has 0 N–H and O–H groups in total. The van der Waals surface area contributed by atoms with Gasteiger partial charge >= 0.3 is 0 Å². The van der Waals surface area contributed by atoms with E-state index in [1.807, 2.05) is 53.4 Å². The van der Waals surface area contributed by atoms with Crippen LogP contribution in [-0.2, 0) is 4.79 Å². The Balaban J connectivity index is 1.41. The fourth-order valence-corrected chi connectivity index (χ4v) is 4.39. The Kier molecular flexibility index (Phi) is 5.05. The summed E-state index contributed by atoms with van der Waals surface area (Å²) in [4.78, 5) is 19.6. The van der Waals surface area contributed by atoms with E-state index in [1.54, 1.807) is 18.5 Å². The molecule has 1 atom stereocenters. The van der Waals surface area contributed by atoms with E-state index < -0.39 is 0 Å². The number of piperidine rings is 1. The largest absolute Gasteiger partial charge is 0.487 e. The monoisotopic (exact) mass is 420 g/mol. The van der Waals surface area contributed by atoms with Gasteiger partial charge in [-0.25, -0.2) is 0 Å². The molecule has 30 heavy (non-hydrogen) atoms. The van der Waals surface area contributed by atoms with E-state index in [4.69, 9.17) is 21.1 Å². The number of benzene rings is 2. The van der Waals surface area contributed by atoms with Gasteiger partial charge in [0.05, 0.1) is 12.5 Å². The molecular formula is C24H21ClN2O3. The molecule has 1 saturated heterocycles. The number of hydrogen-bond acceptors (Lipinski definition) is 4. The van der Waals surface area contributed by atoms with E-state index in [2.05, 4.69) is 4.98 Å². The first-order chi connectivity index (χ1) is 14.7. The van der Waals surface area contributed by atoms with Crippen molar-refractivity contribution < 1.29 is 14.3 Å². The average molecular weight is 421 g/mol. The Hall–Kier alpha value is -3.05. The number of nitrogens with zero attached hydrogens (tertiary/aromatic N) is 2. The molecule has 6 heteroatoms. The SMILES string of the molecule is O=C(C1c2ccccc2Oc2ccccc21)N1CCCC(Oc2ccncc2Cl)C1. The molecule has 2 aromatic carbocycles. The van der Waals surface area contributed by atoms with Gasteiger partial charge < -0.3 is 14.4 Å². The number of para-hydroxylation sites is 2. The zero-order valence-corrected chi connectivity index (χ0v) is 17.1. The van der Waals surface area contributed by atoms with E-state index in [9.17, 15) is 4.79 Å². The molecule has 0 spiro atoms. The van der Waals surface area contributed by atoms with Crippen LogP contribution in [0.2, 0.25) is 5.02 Å². The molecule has 1 unspecified atom stereocenters. The first-order valence-electron chi connectivity index (χ1n) is 10.1. The van der Waals surface area contributed by atoms with Crippen LogP contribution in [0.1, 0.15) is 29.9 Å². The third-order valence-electron chi connectivity index (χ3n) is 5.65. The number of carbonyl (C=O) groups excluding carboxylic acids is 1. The van der Waals surface area contributed by atoms with Crippen molar-refractivity contribution in [3.05, 3.63) is 83.1 Å². The maximum absolute atomic E-state index is 13.7. The van der Waals surface area contributed by atoms with Crippen molar-refractivity contribution in [2.75, 3.05) is 13.1 Å². The number of hydrogen-bond donors (Lipinski definition) is 0. The van der Waals surface area contributed by atoms with Crippen molar-refractivity contribution in [1.29, 1.82) is 0 Å². The zero-order valence-electron chi connectivity index (χ0n) is 16.3. The van der Waals surface area contributed by atoms with Crippen LogP contribution in [0.5, 0.6) is 17.2 Å². The van der Waals surface area contributed by atoms with Gasteiger partial charge in [0.2, 0.25) is 5.91 Å². The van der Waals surface area contributed by atoms with Gasteiger partial charge in [-0.2, -0.15) is 0 Å². The number of carbonyl (C=O) groups is 1. The number of pyridine rings is 1. The highest BCUT2D eigenvalue weighted by atomic mass is 35.5. The van der Waals surface area contributed by atoms with E-state index in [0.29, 0.717) is 23.9 Å². The second kappa shape index (κ2) is 8.00. The summed E-state index contributed by atoms with van der Waals surface area (Å²) in [7, 11) is 0. The molecular weight excluding hydrogens is 400 g/mol. The minimum Gasteiger partial charge on any atom is -0.487 e. The van der Waals surface area contributed by atoms with Crippen LogP contribution in [0.15, 0.2) is 67.0 Å². The van der Waals surface area contributed by atoms with Gasteiger partial charge in [0.25, 0.3) is 0 Å². The van der Waals surface area contributed by atoms with Crippen LogP contribution in [0, 0.1) is 0 Å². The van der Waals surface area contributed by atoms with Gasteiger partial charge in [-0.15, -0.1) is 0 Å². The van der Waals surface area contributed by atoms with E-state index >= 15 is 0 Å². The second-order valence-electron chi connectivity index (χ2n) is 7.58. The van der Waals surface area contributed by atoms with Crippen molar-refractivity contribution in [2.24, 2.45) is 0 Å². The highest BCUT2D eigenvalue weighted by Gasteiger charge is 2.37. The third kappa shape index (κ3) is 3.50. The summed E-state index contributed by atoms with van der Waals surface area (Å²) in [5, 5.41) is 0.480. The maximum Gasteiger partial charge on any atom is 0.234 e. The predicted molar refractivity (Wildman–Crippen MR) is 114 cm³/mol. The van der Waals surface area contributed by atoms with Gasteiger partial charge in [0.15, 0.2) is 0 Å². The highest BCUT2D eigenvalue weighted by Crippen LogP contribution is 2.44. The highest BCUT2D eigenvalue weighted by molar-refractivity contribution is 6.31. The Bertz CT molecular complexity index is 1040. The van der Waals surface area contributed by atoms with E-state index in [-0.39, 0.29) is 17.9 Å². The molecule has 5 nitrogen and oxygen atoms in total. The van der Waals surface area contributed by atoms with Crippen LogP contribution in [0.4, 0.5) is 0 Å². The smallest absolute Gasteiger partial charge is 0.234 e. The minimum atomic E-state index is -0.380. The predicted octanol–water partition coefficient (Wildman–Crippen LogP) is 5.04. The molecule has 3 aromatic rings. The van der Waals surface area contributed by atoms with Crippen molar-refractivity contribution in [3.63, 3.8) is 0 Å². The van der Waals surface area contributed by atoms with Crippen molar-refractivity contribution in [3.8, 4) is 17.2 Å². The quantitative estimate of drug-likeness (QED) is 0.595. The van der Waals surface area contributed by atoms with Gasteiger partial charge in [-0.3, -0.25) is 9.78 Å². The molecule has 3 heterocycles. The molecule has 0 saturated carbocycles. The molecule has 2 aliphatic rings. The molecule has 0 aliphatic carbocycles. The third-order valence-corrected chi connectivity index (χ3v) is 5.93. The lowest BCUT2D eigenvalue weighted by atomic mass is 9.86. The Morgan fingerprint density at radius 3 is 2.47 bits per heavy atom. The Morgan fingerprint density at radius 1 is 1.07 bits per heavy atom. The Labute approximate surface area is 180 Å². The fraction of sp³-hybridized carbons (Fsp3) is 0.250. The number of rotatable bonds is 3. The maximum atomic E-state index is 13.7. The zero-order chi connectivity index (χ0) is 20.5. The first-order valence-corrected chi connectivity index (χ1v) is 10.5. The number of halogens is 1. The lowest BCUT2D eigenvalue weighted by Gasteiger charge is -2.37. The van der Waals surface area contributed by atoms with Crippen LogP contribution >= 0.6 is 11.6 Å². The summed E-state index contributed by atoms with van der Waals surface area (Å²) in [6.07, 6.45) is 4.88. The molecule has 152 valence electrons. The number of fused-ring (bicyclic) bond motifs is 2. The van der Waals surface area contributed by atoms with Gasteiger partial charge in [-0.05, 0) is 25.0 Å². The summed E-state index contributed by atoms with van der Waals surface area (Å²) in [5.74, 6) is 1.78. The van der Waals surface area contributed by atoms with Crippen LogP contribution < -0.4 is 9.47 Å². The number of ether oxygens (including phenoxy) is 2. The molecule has 0 radical (unpaired) electrons. The van der Waals surface area contributed by atoms with Gasteiger partial charge in [0.1, 0.15) is 28.4 Å². The fourth-order valence-electron chi connectivity index (χ4n) is 4.23. The second-order valence-corrected chi connectivity index (χ2v) is 7.99. The molecule has 5 rings (SSSR count). The average Bonchev–Trinajstić information content (AvgIpc) is 2.79. The van der Waals surface area contributed by atoms with Crippen LogP contribution in [0.3, 0.4) is 0 Å². The summed E-state index contributed by atoms with van der Waals surface area (Å²) in [5.41, 5.74) is 1.81. The lowest BCUT2D eigenvalue weighted by Crippen LogP contribution is -2.46.